The first-order valence-electron chi connectivity index (χ1n) is 10.4. The van der Waals surface area contributed by atoms with Gasteiger partial charge in [-0.05, 0) is 37.4 Å². The molecule has 2 heterocycles. The first-order valence-corrected chi connectivity index (χ1v) is 10.4. The number of carbonyl (C=O) groups is 1. The number of halogens is 1. The number of aliphatic hydroxyl groups excluding tert-OH is 1. The predicted molar refractivity (Wildman–Crippen MR) is 121 cm³/mol. The van der Waals surface area contributed by atoms with Gasteiger partial charge < -0.3 is 29.7 Å². The molecule has 9 nitrogen and oxygen atoms in total. The van der Waals surface area contributed by atoms with Crippen molar-refractivity contribution in [1.82, 2.24) is 19.8 Å². The summed E-state index contributed by atoms with van der Waals surface area (Å²) in [5, 5.41) is 21.8. The second kappa shape index (κ2) is 10.4. The molecule has 176 valence electrons. The molecule has 0 radical (unpaired) electrons. The summed E-state index contributed by atoms with van der Waals surface area (Å²) < 4.78 is 20.8. The Morgan fingerprint density at radius 3 is 2.76 bits per heavy atom. The predicted octanol–water partition coefficient (Wildman–Crippen LogP) is 1.03. The fourth-order valence-electron chi connectivity index (χ4n) is 3.36. The maximum Gasteiger partial charge on any atom is 0.267 e. The molecular weight excluding hydrogens is 431 g/mol. The monoisotopic (exact) mass is 458 g/mol. The van der Waals surface area contributed by atoms with Crippen LogP contribution in [0.4, 0.5) is 4.39 Å². The molecule has 0 spiro atoms. The third kappa shape index (κ3) is 5.47. The molecule has 0 unspecified atom stereocenters. The van der Waals surface area contributed by atoms with Gasteiger partial charge in [-0.1, -0.05) is 6.07 Å². The maximum absolute atomic E-state index is 13.8. The Bertz CT molecular complexity index is 1230. The van der Waals surface area contributed by atoms with Crippen molar-refractivity contribution in [1.29, 1.82) is 0 Å². The minimum atomic E-state index is -0.791. The van der Waals surface area contributed by atoms with Crippen LogP contribution in [0.5, 0.6) is 11.5 Å². The topological polar surface area (TPSA) is 117 Å². The Morgan fingerprint density at radius 2 is 2.06 bits per heavy atom. The van der Waals surface area contributed by atoms with Crippen LogP contribution in [0.1, 0.15) is 21.5 Å². The number of pyridine rings is 2. The van der Waals surface area contributed by atoms with E-state index >= 15 is 0 Å². The number of hydrogen-bond donors (Lipinski definition) is 3. The van der Waals surface area contributed by atoms with Crippen molar-refractivity contribution >= 4 is 16.9 Å². The summed E-state index contributed by atoms with van der Waals surface area (Å²) in [6.07, 6.45) is 1.88. The molecule has 0 fully saturated rings. The highest BCUT2D eigenvalue weighted by Gasteiger charge is 2.22. The number of aliphatic hydroxyl groups is 1. The smallest absolute Gasteiger partial charge is 0.267 e. The number of fused-ring (bicyclic) bond motifs is 1. The van der Waals surface area contributed by atoms with Crippen LogP contribution in [-0.4, -0.2) is 71.0 Å². The van der Waals surface area contributed by atoms with Gasteiger partial charge in [-0.3, -0.25) is 14.6 Å². The Labute approximate surface area is 190 Å². The Balaban J connectivity index is 1.96. The summed E-state index contributed by atoms with van der Waals surface area (Å²) in [7, 11) is 5.31. The van der Waals surface area contributed by atoms with Gasteiger partial charge in [-0.15, -0.1) is 0 Å². The van der Waals surface area contributed by atoms with E-state index in [1.165, 1.54) is 29.9 Å². The third-order valence-corrected chi connectivity index (χ3v) is 5.11. The molecular formula is C23H27FN4O5. The number of aromatic hydroxyl groups is 1. The van der Waals surface area contributed by atoms with Crippen LogP contribution in [0.2, 0.25) is 0 Å². The number of carbonyl (C=O) groups excluding carboxylic acids is 1. The average molecular weight is 458 g/mol. The Kier molecular flexibility index (Phi) is 7.62. The van der Waals surface area contributed by atoms with Gasteiger partial charge in [0.05, 0.1) is 12.1 Å². The zero-order valence-electron chi connectivity index (χ0n) is 18.8. The van der Waals surface area contributed by atoms with Gasteiger partial charge in [-0.2, -0.15) is 0 Å². The molecule has 3 aromatic rings. The fourth-order valence-corrected chi connectivity index (χ4v) is 3.36. The number of nitrogens with zero attached hydrogens (tertiary/aromatic N) is 3. The molecule has 3 rings (SSSR count). The molecule has 0 bridgehead atoms. The van der Waals surface area contributed by atoms with Gasteiger partial charge in [0, 0.05) is 38.8 Å². The molecule has 2 aromatic heterocycles. The van der Waals surface area contributed by atoms with Gasteiger partial charge in [-0.25, -0.2) is 4.39 Å². The summed E-state index contributed by atoms with van der Waals surface area (Å²) in [5.41, 5.74) is 0.754. The largest absolute Gasteiger partial charge is 0.505 e. The molecule has 0 saturated heterocycles. The van der Waals surface area contributed by atoms with Crippen LogP contribution in [0.3, 0.4) is 0 Å². The number of amides is 1. The lowest BCUT2D eigenvalue weighted by molar-refractivity contribution is 0.0940. The highest BCUT2D eigenvalue weighted by Crippen LogP contribution is 2.27. The molecule has 0 saturated carbocycles. The van der Waals surface area contributed by atoms with Crippen LogP contribution >= 0.6 is 0 Å². The van der Waals surface area contributed by atoms with E-state index in [0.717, 1.165) is 5.56 Å². The summed E-state index contributed by atoms with van der Waals surface area (Å²) in [6.45, 7) is 0.709. The lowest BCUT2D eigenvalue weighted by atomic mass is 10.0. The van der Waals surface area contributed by atoms with Gasteiger partial charge in [0.25, 0.3) is 11.5 Å². The lowest BCUT2D eigenvalue weighted by Crippen LogP contribution is -2.34. The summed E-state index contributed by atoms with van der Waals surface area (Å²) >= 11 is 0. The van der Waals surface area contributed by atoms with Crippen LogP contribution in [0.15, 0.2) is 35.3 Å². The molecule has 0 aliphatic carbocycles. The van der Waals surface area contributed by atoms with Crippen molar-refractivity contribution in [3.05, 3.63) is 63.3 Å². The number of rotatable bonds is 9. The summed E-state index contributed by atoms with van der Waals surface area (Å²) in [5.74, 6) is -1.30. The molecule has 10 heteroatoms. The molecule has 0 aliphatic heterocycles. The quantitative estimate of drug-likeness (QED) is 0.439. The highest BCUT2D eigenvalue weighted by atomic mass is 19.1. The number of ether oxygens (including phenoxy) is 1. The van der Waals surface area contributed by atoms with Crippen molar-refractivity contribution in [3.63, 3.8) is 0 Å². The van der Waals surface area contributed by atoms with Gasteiger partial charge >= 0.3 is 0 Å². The first-order chi connectivity index (χ1) is 15.7. The van der Waals surface area contributed by atoms with Crippen LogP contribution in [0, 0.1) is 5.82 Å². The number of benzene rings is 1. The van der Waals surface area contributed by atoms with Crippen molar-refractivity contribution in [2.75, 3.05) is 40.4 Å². The molecule has 0 atom stereocenters. The van der Waals surface area contributed by atoms with Gasteiger partial charge in [0.2, 0.25) is 0 Å². The van der Waals surface area contributed by atoms with E-state index in [9.17, 15) is 19.1 Å². The van der Waals surface area contributed by atoms with E-state index in [1.54, 1.807) is 12.1 Å². The maximum atomic E-state index is 13.8. The van der Waals surface area contributed by atoms with E-state index in [2.05, 4.69) is 10.3 Å². The normalized spacial score (nSPS) is 11.2. The number of aromatic nitrogens is 2. The van der Waals surface area contributed by atoms with Gasteiger partial charge in [0.1, 0.15) is 29.3 Å². The molecule has 33 heavy (non-hydrogen) atoms. The minimum Gasteiger partial charge on any atom is -0.505 e. The number of hydrogen-bond acceptors (Lipinski definition) is 7. The van der Waals surface area contributed by atoms with Gasteiger partial charge in [0.15, 0.2) is 5.75 Å². The van der Waals surface area contributed by atoms with E-state index in [-0.39, 0.29) is 18.7 Å². The Morgan fingerprint density at radius 1 is 1.30 bits per heavy atom. The van der Waals surface area contributed by atoms with E-state index in [1.807, 2.05) is 19.0 Å². The highest BCUT2D eigenvalue weighted by molar-refractivity contribution is 6.01. The number of likely N-dealkylation sites (N-methyl/N-ethyl adjacent to an activating group) is 1. The van der Waals surface area contributed by atoms with Crippen molar-refractivity contribution in [2.24, 2.45) is 7.05 Å². The molecule has 3 N–H and O–H groups in total. The molecule has 1 amide bonds. The summed E-state index contributed by atoms with van der Waals surface area (Å²) in [4.78, 5) is 31.2. The lowest BCUT2D eigenvalue weighted by Gasteiger charge is -2.15. The van der Waals surface area contributed by atoms with E-state index in [0.29, 0.717) is 36.4 Å². The number of nitrogens with one attached hydrogen (secondary N) is 1. The molecule has 1 aromatic carbocycles. The second-order valence-corrected chi connectivity index (χ2v) is 7.86. The Hall–Kier alpha value is -3.50. The zero-order valence-corrected chi connectivity index (χ0v) is 18.8. The first kappa shape index (κ1) is 24.1. The van der Waals surface area contributed by atoms with Crippen LogP contribution in [0.25, 0.3) is 11.0 Å². The third-order valence-electron chi connectivity index (χ3n) is 5.11. The molecule has 0 aliphatic rings. The zero-order chi connectivity index (χ0) is 24.1. The average Bonchev–Trinajstić information content (AvgIpc) is 2.77. The van der Waals surface area contributed by atoms with Crippen molar-refractivity contribution in [3.8, 4) is 11.5 Å². The van der Waals surface area contributed by atoms with Crippen molar-refractivity contribution < 1.29 is 24.1 Å². The second-order valence-electron chi connectivity index (χ2n) is 7.86. The van der Waals surface area contributed by atoms with Crippen LogP contribution < -0.4 is 15.6 Å². The standard InChI is InChI=1S/C23H27FN4O5/c1-27(2)7-9-33-18-12-16(24)5-4-15(18)10-14-11-17-20(26-13-14)21(30)19(23(32)28(17)3)22(31)25-6-8-29/h4-5,11-13,29-30H,6-10H2,1-3H3,(H,25,31). The SMILES string of the molecule is CN(C)CCOc1cc(F)ccc1Cc1cnc2c(O)c(C(=O)NCCO)c(=O)n(C)c2c1. The van der Waals surface area contributed by atoms with E-state index in [4.69, 9.17) is 9.84 Å². The summed E-state index contributed by atoms with van der Waals surface area (Å²) in [6, 6.07) is 6.00. The van der Waals surface area contributed by atoms with Crippen LogP contribution in [-0.2, 0) is 13.5 Å². The minimum absolute atomic E-state index is 0.0531. The van der Waals surface area contributed by atoms with E-state index < -0.39 is 28.6 Å². The van der Waals surface area contributed by atoms with Crippen molar-refractivity contribution in [2.45, 2.75) is 6.42 Å². The fraction of sp³-hybridized carbons (Fsp3) is 0.348. The number of aryl methyl sites for hydroxylation is 1.